The van der Waals surface area contributed by atoms with Gasteiger partial charge in [0, 0.05) is 6.08 Å². The highest BCUT2D eigenvalue weighted by molar-refractivity contribution is 6.23. The van der Waals surface area contributed by atoms with Crippen molar-refractivity contribution in [2.24, 2.45) is 5.73 Å². The molecule has 0 amide bonds. The molecule has 0 radical (unpaired) electrons. The van der Waals surface area contributed by atoms with Gasteiger partial charge in [-0.2, -0.15) is 8.78 Å². The predicted molar refractivity (Wildman–Crippen MR) is 44.2 cm³/mol. The van der Waals surface area contributed by atoms with E-state index in [9.17, 15) is 13.6 Å². The zero-order valence-corrected chi connectivity index (χ0v) is 7.35. The van der Waals surface area contributed by atoms with Gasteiger partial charge in [0.1, 0.15) is 12.3 Å². The average Bonchev–Trinajstić information content (AvgIpc) is 1.99. The molecule has 2 N–H and O–H groups in total. The first-order chi connectivity index (χ1) is 5.88. The number of halogens is 3. The molecule has 0 spiro atoms. The first-order valence-corrected chi connectivity index (χ1v) is 3.57. The fourth-order valence-corrected chi connectivity index (χ4v) is 0.446. The van der Waals surface area contributed by atoms with E-state index in [4.69, 9.17) is 5.73 Å². The third-order valence-electron chi connectivity index (χ3n) is 0.944. The normalized spacial score (nSPS) is 12.4. The largest absolute Gasteiger partial charge is 0.458 e. The monoisotopic (exact) mass is 211 g/mol. The Labute approximate surface area is 78.8 Å². The van der Waals surface area contributed by atoms with Crippen molar-refractivity contribution < 1.29 is 18.3 Å². The maximum atomic E-state index is 12.1. The first-order valence-electron chi connectivity index (χ1n) is 3.20. The zero-order valence-electron chi connectivity index (χ0n) is 6.60. The molecule has 6 heteroatoms. The summed E-state index contributed by atoms with van der Waals surface area (Å²) in [6.45, 7) is 3.18. The van der Waals surface area contributed by atoms with Crippen LogP contribution in [0.15, 0.2) is 24.4 Å². The van der Waals surface area contributed by atoms with E-state index in [1.54, 1.807) is 0 Å². The summed E-state index contributed by atoms with van der Waals surface area (Å²) < 4.78 is 28.6. The number of rotatable bonds is 4. The van der Waals surface area contributed by atoms with Crippen LogP contribution < -0.4 is 5.73 Å². The molecule has 0 bridgehead atoms. The Hall–Kier alpha value is -1.10. The third-order valence-corrected chi connectivity index (χ3v) is 1.16. The van der Waals surface area contributed by atoms with Gasteiger partial charge < -0.3 is 10.5 Å². The highest BCUT2D eigenvalue weighted by Gasteiger charge is 2.29. The highest BCUT2D eigenvalue weighted by Crippen LogP contribution is 2.24. The molecular formula is C7H8ClF2NO2. The summed E-state index contributed by atoms with van der Waals surface area (Å²) in [4.78, 5) is 10.6. The fourth-order valence-electron chi connectivity index (χ4n) is 0.392. The molecule has 0 aromatic heterocycles. The van der Waals surface area contributed by atoms with E-state index in [0.29, 0.717) is 6.08 Å². The predicted octanol–water partition coefficient (Wildman–Crippen LogP) is 1.39. The second-order valence-electron chi connectivity index (χ2n) is 2.02. The zero-order chi connectivity index (χ0) is 10.5. The minimum Gasteiger partial charge on any atom is -0.458 e. The van der Waals surface area contributed by atoms with E-state index in [2.05, 4.69) is 22.9 Å². The van der Waals surface area contributed by atoms with Gasteiger partial charge in [-0.15, -0.1) is 0 Å². The maximum Gasteiger partial charge on any atom is 0.362 e. The van der Waals surface area contributed by atoms with Crippen LogP contribution in [0.3, 0.4) is 0 Å². The van der Waals surface area contributed by atoms with Crippen molar-refractivity contribution in [2.45, 2.75) is 5.38 Å². The van der Waals surface area contributed by atoms with Gasteiger partial charge in [0.05, 0.1) is 0 Å². The third kappa shape index (κ3) is 5.19. The van der Waals surface area contributed by atoms with Crippen LogP contribution in [0, 0.1) is 0 Å². The average molecular weight is 212 g/mol. The number of esters is 1. The SMILES string of the molecule is C=CCOC(=O)C=C(N)C(F)(F)Cl. The van der Waals surface area contributed by atoms with Gasteiger partial charge in [-0.3, -0.25) is 0 Å². The molecule has 0 fully saturated rings. The number of hydrogen-bond donors (Lipinski definition) is 1. The summed E-state index contributed by atoms with van der Waals surface area (Å²) >= 11 is 4.51. The molecule has 0 aliphatic heterocycles. The molecule has 0 aliphatic carbocycles. The van der Waals surface area contributed by atoms with Crippen LogP contribution in [-0.4, -0.2) is 18.0 Å². The Balaban J connectivity index is 4.22. The molecular weight excluding hydrogens is 204 g/mol. The quantitative estimate of drug-likeness (QED) is 0.331. The molecule has 3 nitrogen and oxygen atoms in total. The van der Waals surface area contributed by atoms with Crippen LogP contribution in [0.25, 0.3) is 0 Å². The van der Waals surface area contributed by atoms with Gasteiger partial charge in [0.25, 0.3) is 0 Å². The summed E-state index contributed by atoms with van der Waals surface area (Å²) in [6, 6.07) is 0. The van der Waals surface area contributed by atoms with Crippen molar-refractivity contribution in [3.05, 3.63) is 24.4 Å². The van der Waals surface area contributed by atoms with Gasteiger partial charge in [0.15, 0.2) is 0 Å². The van der Waals surface area contributed by atoms with Crippen LogP contribution in [0.5, 0.6) is 0 Å². The van der Waals surface area contributed by atoms with Gasteiger partial charge in [-0.1, -0.05) is 12.7 Å². The van der Waals surface area contributed by atoms with Gasteiger partial charge in [-0.05, 0) is 11.6 Å². The van der Waals surface area contributed by atoms with E-state index in [0.717, 1.165) is 0 Å². The van der Waals surface area contributed by atoms with Gasteiger partial charge >= 0.3 is 11.4 Å². The lowest BCUT2D eigenvalue weighted by Gasteiger charge is -2.06. The summed E-state index contributed by atoms with van der Waals surface area (Å²) in [6.07, 6.45) is 1.72. The Morgan fingerprint density at radius 2 is 2.23 bits per heavy atom. The molecule has 0 heterocycles. The van der Waals surface area contributed by atoms with E-state index < -0.39 is 17.0 Å². The van der Waals surface area contributed by atoms with Crippen LogP contribution in [0.2, 0.25) is 0 Å². The van der Waals surface area contributed by atoms with Crippen LogP contribution >= 0.6 is 11.6 Å². The molecule has 0 saturated carbocycles. The van der Waals surface area contributed by atoms with Crippen LogP contribution in [0.1, 0.15) is 0 Å². The van der Waals surface area contributed by atoms with Crippen molar-refractivity contribution in [3.8, 4) is 0 Å². The Kier molecular flexibility index (Phi) is 4.40. The molecule has 0 atom stereocenters. The number of allylic oxidation sites excluding steroid dienone is 1. The summed E-state index contributed by atoms with van der Waals surface area (Å²) in [5.74, 6) is -0.988. The fraction of sp³-hybridized carbons (Fsp3) is 0.286. The maximum absolute atomic E-state index is 12.1. The second-order valence-corrected chi connectivity index (χ2v) is 2.49. The summed E-state index contributed by atoms with van der Waals surface area (Å²) in [5.41, 5.74) is 3.72. The molecule has 0 rings (SSSR count). The van der Waals surface area contributed by atoms with Crippen molar-refractivity contribution in [2.75, 3.05) is 6.61 Å². The van der Waals surface area contributed by atoms with E-state index in [1.165, 1.54) is 6.08 Å². The van der Waals surface area contributed by atoms with Crippen LogP contribution in [0.4, 0.5) is 8.78 Å². The van der Waals surface area contributed by atoms with Crippen molar-refractivity contribution in [3.63, 3.8) is 0 Å². The van der Waals surface area contributed by atoms with Crippen molar-refractivity contribution in [1.29, 1.82) is 0 Å². The number of carbonyl (C=O) groups is 1. The lowest BCUT2D eigenvalue weighted by atomic mass is 10.4. The van der Waals surface area contributed by atoms with Gasteiger partial charge in [0.2, 0.25) is 0 Å². The van der Waals surface area contributed by atoms with Gasteiger partial charge in [-0.25, -0.2) is 4.79 Å². The second kappa shape index (κ2) is 4.81. The van der Waals surface area contributed by atoms with E-state index >= 15 is 0 Å². The van der Waals surface area contributed by atoms with Crippen molar-refractivity contribution in [1.82, 2.24) is 0 Å². The molecule has 74 valence electrons. The molecule has 13 heavy (non-hydrogen) atoms. The van der Waals surface area contributed by atoms with Crippen molar-refractivity contribution >= 4 is 17.6 Å². The molecule has 0 saturated heterocycles. The minimum atomic E-state index is -3.73. The number of hydrogen-bond acceptors (Lipinski definition) is 3. The number of nitrogens with two attached hydrogens (primary N) is 1. The number of alkyl halides is 3. The lowest BCUT2D eigenvalue weighted by Crippen LogP contribution is -2.20. The highest BCUT2D eigenvalue weighted by atomic mass is 35.5. The van der Waals surface area contributed by atoms with Crippen LogP contribution in [-0.2, 0) is 9.53 Å². The molecule has 0 aromatic carbocycles. The minimum absolute atomic E-state index is 0.0729. The Morgan fingerprint density at radius 3 is 2.62 bits per heavy atom. The van der Waals surface area contributed by atoms with E-state index in [1.807, 2.05) is 0 Å². The Bertz CT molecular complexity index is 235. The number of ether oxygens (including phenoxy) is 1. The molecule has 0 unspecified atom stereocenters. The smallest absolute Gasteiger partial charge is 0.362 e. The molecule has 0 aromatic rings. The topological polar surface area (TPSA) is 52.3 Å². The molecule has 0 aliphatic rings. The Morgan fingerprint density at radius 1 is 1.69 bits per heavy atom. The first kappa shape index (κ1) is 11.9. The lowest BCUT2D eigenvalue weighted by molar-refractivity contribution is -0.136. The number of carbonyl (C=O) groups excluding carboxylic acids is 1. The summed E-state index contributed by atoms with van der Waals surface area (Å²) in [7, 11) is 0. The summed E-state index contributed by atoms with van der Waals surface area (Å²) in [5, 5.41) is -3.73. The standard InChI is InChI=1S/C7H8ClF2NO2/c1-2-3-13-6(12)4-5(11)7(8,9)10/h2,4H,1,3,11H2. The van der Waals surface area contributed by atoms with E-state index in [-0.39, 0.29) is 6.61 Å².